The van der Waals surface area contributed by atoms with Crippen LogP contribution in [0.5, 0.6) is 0 Å². The Morgan fingerprint density at radius 2 is 2.33 bits per heavy atom. The standard InChI is InChI=1S/C14H16FN5O/c1-10-7-16-4-5-19(10)14(21)11-2-3-13(12(15)6-11)20-9-17-8-18-20/h2-3,6,8-10,16H,4-5,7H2,1H3. The summed E-state index contributed by atoms with van der Waals surface area (Å²) in [5.74, 6) is -0.637. The van der Waals surface area contributed by atoms with Crippen LogP contribution >= 0.6 is 0 Å². The summed E-state index contributed by atoms with van der Waals surface area (Å²) in [6.07, 6.45) is 2.75. The molecule has 110 valence electrons. The van der Waals surface area contributed by atoms with E-state index in [1.54, 1.807) is 17.0 Å². The predicted molar refractivity (Wildman–Crippen MR) is 74.7 cm³/mol. The molecule has 0 bridgehead atoms. The molecule has 1 aliphatic heterocycles. The summed E-state index contributed by atoms with van der Waals surface area (Å²) < 4.78 is 15.5. The zero-order valence-corrected chi connectivity index (χ0v) is 11.7. The smallest absolute Gasteiger partial charge is 0.254 e. The van der Waals surface area contributed by atoms with Gasteiger partial charge in [0.25, 0.3) is 5.91 Å². The van der Waals surface area contributed by atoms with Crippen LogP contribution < -0.4 is 5.32 Å². The van der Waals surface area contributed by atoms with Crippen molar-refractivity contribution in [3.63, 3.8) is 0 Å². The Morgan fingerprint density at radius 3 is 3.00 bits per heavy atom. The van der Waals surface area contributed by atoms with Gasteiger partial charge in [-0.15, -0.1) is 0 Å². The number of aromatic nitrogens is 3. The molecule has 0 aliphatic carbocycles. The largest absolute Gasteiger partial charge is 0.333 e. The van der Waals surface area contributed by atoms with Crippen molar-refractivity contribution in [3.05, 3.63) is 42.2 Å². The van der Waals surface area contributed by atoms with Gasteiger partial charge >= 0.3 is 0 Å². The second-order valence-corrected chi connectivity index (χ2v) is 5.06. The minimum Gasteiger partial charge on any atom is -0.333 e. The molecule has 0 saturated carbocycles. The molecule has 1 aromatic heterocycles. The highest BCUT2D eigenvalue weighted by molar-refractivity contribution is 5.94. The van der Waals surface area contributed by atoms with E-state index in [1.807, 2.05) is 6.92 Å². The maximum Gasteiger partial charge on any atom is 0.254 e. The molecule has 0 radical (unpaired) electrons. The van der Waals surface area contributed by atoms with Gasteiger partial charge in [0.1, 0.15) is 24.2 Å². The van der Waals surface area contributed by atoms with Gasteiger partial charge in [0, 0.05) is 31.2 Å². The summed E-state index contributed by atoms with van der Waals surface area (Å²) >= 11 is 0. The van der Waals surface area contributed by atoms with Gasteiger partial charge in [0.05, 0.1) is 0 Å². The van der Waals surface area contributed by atoms with Crippen molar-refractivity contribution in [2.24, 2.45) is 0 Å². The van der Waals surface area contributed by atoms with E-state index in [2.05, 4.69) is 15.4 Å². The lowest BCUT2D eigenvalue weighted by Gasteiger charge is -2.34. The lowest BCUT2D eigenvalue weighted by atomic mass is 10.1. The Morgan fingerprint density at radius 1 is 1.48 bits per heavy atom. The number of nitrogens with zero attached hydrogens (tertiary/aromatic N) is 4. The lowest BCUT2D eigenvalue weighted by Crippen LogP contribution is -2.52. The molecule has 1 amide bonds. The lowest BCUT2D eigenvalue weighted by molar-refractivity contribution is 0.0655. The SMILES string of the molecule is CC1CNCCN1C(=O)c1ccc(-n2cncn2)c(F)c1. The zero-order valence-electron chi connectivity index (χ0n) is 11.7. The van der Waals surface area contributed by atoms with E-state index >= 15 is 0 Å². The molecule has 1 fully saturated rings. The first-order chi connectivity index (χ1) is 10.2. The first-order valence-corrected chi connectivity index (χ1v) is 6.83. The number of rotatable bonds is 2. The van der Waals surface area contributed by atoms with Gasteiger partial charge in [-0.3, -0.25) is 4.79 Å². The molecule has 1 aromatic carbocycles. The summed E-state index contributed by atoms with van der Waals surface area (Å²) in [7, 11) is 0. The van der Waals surface area contributed by atoms with Crippen LogP contribution in [0.3, 0.4) is 0 Å². The fourth-order valence-electron chi connectivity index (χ4n) is 2.47. The monoisotopic (exact) mass is 289 g/mol. The minimum absolute atomic E-state index is 0.101. The van der Waals surface area contributed by atoms with Crippen molar-refractivity contribution in [2.45, 2.75) is 13.0 Å². The fourth-order valence-corrected chi connectivity index (χ4v) is 2.47. The average Bonchev–Trinajstić information content (AvgIpc) is 3.01. The molecular formula is C14H16FN5O. The molecule has 0 spiro atoms. The van der Waals surface area contributed by atoms with Gasteiger partial charge in [0.2, 0.25) is 0 Å². The minimum atomic E-state index is -0.492. The topological polar surface area (TPSA) is 63.1 Å². The van der Waals surface area contributed by atoms with Crippen molar-refractivity contribution in [2.75, 3.05) is 19.6 Å². The van der Waals surface area contributed by atoms with E-state index in [1.165, 1.54) is 23.4 Å². The van der Waals surface area contributed by atoms with Crippen LogP contribution in [0.25, 0.3) is 5.69 Å². The molecule has 2 heterocycles. The van der Waals surface area contributed by atoms with Crippen LogP contribution in [0.2, 0.25) is 0 Å². The van der Waals surface area contributed by atoms with Gasteiger partial charge in [-0.2, -0.15) is 5.10 Å². The summed E-state index contributed by atoms with van der Waals surface area (Å²) in [5.41, 5.74) is 0.627. The summed E-state index contributed by atoms with van der Waals surface area (Å²) in [6, 6.07) is 4.53. The van der Waals surface area contributed by atoms with Gasteiger partial charge in [0.15, 0.2) is 0 Å². The van der Waals surface area contributed by atoms with Crippen LogP contribution in [0, 0.1) is 5.82 Å². The van der Waals surface area contributed by atoms with E-state index in [4.69, 9.17) is 0 Å². The quantitative estimate of drug-likeness (QED) is 0.890. The molecule has 1 unspecified atom stereocenters. The van der Waals surface area contributed by atoms with Gasteiger partial charge in [-0.05, 0) is 25.1 Å². The molecule has 1 aliphatic rings. The van der Waals surface area contributed by atoms with Crippen LogP contribution in [0.15, 0.2) is 30.9 Å². The number of benzene rings is 1. The number of nitrogens with one attached hydrogen (secondary N) is 1. The number of hydrogen-bond acceptors (Lipinski definition) is 4. The van der Waals surface area contributed by atoms with Crippen molar-refractivity contribution in [3.8, 4) is 5.69 Å². The maximum absolute atomic E-state index is 14.2. The highest BCUT2D eigenvalue weighted by Crippen LogP contribution is 2.17. The van der Waals surface area contributed by atoms with Gasteiger partial charge in [-0.1, -0.05) is 0 Å². The maximum atomic E-state index is 14.2. The third-order valence-corrected chi connectivity index (χ3v) is 3.62. The Bertz CT molecular complexity index is 643. The molecule has 1 N–H and O–H groups in total. The van der Waals surface area contributed by atoms with Crippen LogP contribution in [0.4, 0.5) is 4.39 Å². The highest BCUT2D eigenvalue weighted by atomic mass is 19.1. The summed E-state index contributed by atoms with van der Waals surface area (Å²) in [6.45, 7) is 4.12. The van der Waals surface area contributed by atoms with E-state index in [9.17, 15) is 9.18 Å². The molecule has 21 heavy (non-hydrogen) atoms. The van der Waals surface area contributed by atoms with Crippen molar-refractivity contribution in [1.29, 1.82) is 0 Å². The number of amides is 1. The Kier molecular flexibility index (Phi) is 3.66. The molecule has 6 nitrogen and oxygen atoms in total. The number of hydrogen-bond donors (Lipinski definition) is 1. The van der Waals surface area contributed by atoms with Gasteiger partial charge in [-0.25, -0.2) is 14.1 Å². The molecular weight excluding hydrogens is 273 g/mol. The third-order valence-electron chi connectivity index (χ3n) is 3.62. The van der Waals surface area contributed by atoms with E-state index in [0.717, 1.165) is 13.1 Å². The van der Waals surface area contributed by atoms with Crippen molar-refractivity contribution in [1.82, 2.24) is 25.0 Å². The molecule has 3 rings (SSSR count). The van der Waals surface area contributed by atoms with E-state index in [-0.39, 0.29) is 17.6 Å². The highest BCUT2D eigenvalue weighted by Gasteiger charge is 2.24. The second-order valence-electron chi connectivity index (χ2n) is 5.06. The van der Waals surface area contributed by atoms with Crippen LogP contribution in [-0.4, -0.2) is 51.2 Å². The average molecular weight is 289 g/mol. The summed E-state index contributed by atoms with van der Waals surface area (Å²) in [4.78, 5) is 18.0. The zero-order chi connectivity index (χ0) is 14.8. The van der Waals surface area contributed by atoms with E-state index in [0.29, 0.717) is 12.1 Å². The first-order valence-electron chi connectivity index (χ1n) is 6.83. The summed E-state index contributed by atoms with van der Waals surface area (Å²) in [5, 5.41) is 7.11. The molecule has 7 heteroatoms. The van der Waals surface area contributed by atoms with Crippen molar-refractivity contribution < 1.29 is 9.18 Å². The second kappa shape index (κ2) is 5.61. The number of carbonyl (C=O) groups is 1. The Hall–Kier alpha value is -2.28. The first kappa shape index (κ1) is 13.7. The molecule has 2 aromatic rings. The third kappa shape index (κ3) is 2.64. The van der Waals surface area contributed by atoms with Crippen molar-refractivity contribution >= 4 is 5.91 Å². The predicted octanol–water partition coefficient (Wildman–Crippen LogP) is 0.840. The fraction of sp³-hybridized carbons (Fsp3) is 0.357. The number of piperazine rings is 1. The van der Waals surface area contributed by atoms with Crippen LogP contribution in [-0.2, 0) is 0 Å². The van der Waals surface area contributed by atoms with E-state index < -0.39 is 5.82 Å². The van der Waals surface area contributed by atoms with Gasteiger partial charge < -0.3 is 10.2 Å². The normalized spacial score (nSPS) is 18.8. The Balaban J connectivity index is 1.86. The number of carbonyl (C=O) groups excluding carboxylic acids is 1. The Labute approximate surface area is 121 Å². The molecule has 1 atom stereocenters. The number of halogens is 1. The van der Waals surface area contributed by atoms with Crippen LogP contribution in [0.1, 0.15) is 17.3 Å². The molecule has 1 saturated heterocycles.